The zero-order chi connectivity index (χ0) is 22.4. The Balaban J connectivity index is 2.24. The average molecular weight is 555 g/mol. The van der Waals surface area contributed by atoms with Gasteiger partial charge in [-0.3, -0.25) is 0 Å². The Kier molecular flexibility index (Phi) is 7.80. The average Bonchev–Trinajstić information content (AvgIpc) is 2.79. The summed E-state index contributed by atoms with van der Waals surface area (Å²) in [6.45, 7) is 0. The van der Waals surface area contributed by atoms with Crippen LogP contribution in [0.1, 0.15) is 0 Å². The third-order valence-corrected chi connectivity index (χ3v) is 17.1. The number of carbonyl (C=O) groups excluding carboxylic acids is 1. The van der Waals surface area contributed by atoms with Gasteiger partial charge in [-0.25, -0.2) is 0 Å². The maximum atomic E-state index is 13.6. The van der Waals surface area contributed by atoms with Crippen LogP contribution in [0.5, 0.6) is 0 Å². The molecule has 1 atom stereocenters. The van der Waals surface area contributed by atoms with Gasteiger partial charge < -0.3 is 0 Å². The van der Waals surface area contributed by atoms with Gasteiger partial charge in [-0.2, -0.15) is 0 Å². The summed E-state index contributed by atoms with van der Waals surface area (Å²) >= 11 is 6.43. The maximum absolute atomic E-state index is 13.6. The Morgan fingerprint density at radius 1 is 0.806 bits per heavy atom. The minimum absolute atomic E-state index is 0.0121. The molecular formula is C24H24N2O2S2Sn. The van der Waals surface area contributed by atoms with E-state index in [0.717, 1.165) is 10.7 Å². The number of hydrogen-bond acceptors (Lipinski definition) is 4. The molecule has 0 aliphatic heterocycles. The number of nitrogens with zero attached hydrogens (tertiary/aromatic N) is 1. The molecule has 3 aromatic rings. The Hall–Kier alpha value is -2.29. The van der Waals surface area contributed by atoms with Crippen molar-refractivity contribution in [2.24, 2.45) is 11.7 Å². The second-order valence-corrected chi connectivity index (χ2v) is 17.6. The van der Waals surface area contributed by atoms with Gasteiger partial charge in [0.15, 0.2) is 0 Å². The van der Waals surface area contributed by atoms with Crippen molar-refractivity contribution in [1.29, 1.82) is 0 Å². The third kappa shape index (κ3) is 4.97. The van der Waals surface area contributed by atoms with Gasteiger partial charge in [-0.05, 0) is 0 Å². The first-order valence-electron chi connectivity index (χ1n) is 9.78. The van der Waals surface area contributed by atoms with Crippen LogP contribution in [0.3, 0.4) is 0 Å². The molecule has 0 aliphatic carbocycles. The van der Waals surface area contributed by atoms with Crippen molar-refractivity contribution in [3.8, 4) is 0 Å². The van der Waals surface area contributed by atoms with E-state index in [2.05, 4.69) is 0 Å². The first-order valence-corrected chi connectivity index (χ1v) is 16.0. The quantitative estimate of drug-likeness (QED) is 0.356. The molecule has 0 saturated carbocycles. The Bertz CT molecular complexity index is 964. The van der Waals surface area contributed by atoms with Crippen LogP contribution in [-0.4, -0.2) is 53.7 Å². The molecule has 0 amide bonds. The minimum atomic E-state index is -4.25. The number of benzene rings is 3. The summed E-state index contributed by atoms with van der Waals surface area (Å²) in [6, 6.07) is 29.9. The van der Waals surface area contributed by atoms with Crippen LogP contribution in [0.15, 0.2) is 91.0 Å². The van der Waals surface area contributed by atoms with Crippen LogP contribution >= 0.6 is 24.4 Å². The van der Waals surface area contributed by atoms with Crippen molar-refractivity contribution in [2.75, 3.05) is 14.1 Å². The van der Waals surface area contributed by atoms with Crippen LogP contribution < -0.4 is 16.5 Å². The van der Waals surface area contributed by atoms with Crippen LogP contribution in [0.25, 0.3) is 0 Å². The summed E-state index contributed by atoms with van der Waals surface area (Å²) in [7, 11) is 3.53. The van der Waals surface area contributed by atoms with Crippen LogP contribution in [0.2, 0.25) is 0 Å². The van der Waals surface area contributed by atoms with Gasteiger partial charge in [-0.15, -0.1) is 0 Å². The standard InChI is InChI=1S/C6H10N2O2S2.3C6H5.Sn/c1-8(2)5(12)3(4(7)11)6(9)10;3*1-2-4-6-5-3-1;/h3H,1-2H3,(H2,7,11)(H,9,10);3*1-5H;/q;;;;+1/p-1. The summed E-state index contributed by atoms with van der Waals surface area (Å²) in [5, 5.41) is 0. The fourth-order valence-electron chi connectivity index (χ4n) is 3.50. The summed E-state index contributed by atoms with van der Waals surface area (Å²) in [5.41, 5.74) is 5.95. The Labute approximate surface area is 198 Å². The first-order chi connectivity index (χ1) is 14.9. The normalized spacial score (nSPS) is 11.9. The van der Waals surface area contributed by atoms with E-state index in [1.165, 1.54) is 0 Å². The third-order valence-electron chi connectivity index (χ3n) is 5.00. The molecule has 0 aromatic heterocycles. The SMILES string of the molecule is CN(C)C(=S)C(C(=O)[O][Sn]([c]1ccccc1)([c]1ccccc1)[c]1ccccc1)C(N)=S. The van der Waals surface area contributed by atoms with Crippen molar-refractivity contribution in [2.45, 2.75) is 0 Å². The monoisotopic (exact) mass is 556 g/mol. The van der Waals surface area contributed by atoms with Gasteiger partial charge >= 0.3 is 199 Å². The molecule has 2 N–H and O–H groups in total. The molecule has 3 aromatic carbocycles. The molecule has 0 radical (unpaired) electrons. The van der Waals surface area contributed by atoms with Gasteiger partial charge in [0, 0.05) is 0 Å². The number of rotatable bonds is 7. The number of carbonyl (C=O) groups is 1. The van der Waals surface area contributed by atoms with E-state index in [9.17, 15) is 4.79 Å². The van der Waals surface area contributed by atoms with Gasteiger partial charge in [-0.1, -0.05) is 0 Å². The molecule has 1 unspecified atom stereocenters. The summed E-state index contributed by atoms with van der Waals surface area (Å²) in [5.74, 6) is -1.47. The molecule has 3 rings (SSSR count). The zero-order valence-electron chi connectivity index (χ0n) is 17.4. The van der Waals surface area contributed by atoms with E-state index in [4.69, 9.17) is 33.2 Å². The fourth-order valence-corrected chi connectivity index (χ4v) is 14.7. The summed E-state index contributed by atoms with van der Waals surface area (Å²) in [4.78, 5) is 15.6. The van der Waals surface area contributed by atoms with Gasteiger partial charge in [0.25, 0.3) is 0 Å². The van der Waals surface area contributed by atoms with Crippen molar-refractivity contribution in [3.63, 3.8) is 0 Å². The second-order valence-electron chi connectivity index (χ2n) is 7.27. The fraction of sp³-hybridized carbons (Fsp3) is 0.125. The topological polar surface area (TPSA) is 55.6 Å². The van der Waals surface area contributed by atoms with E-state index in [0.29, 0.717) is 4.99 Å². The molecule has 158 valence electrons. The Morgan fingerprint density at radius 2 is 1.16 bits per heavy atom. The predicted molar refractivity (Wildman–Crippen MR) is 137 cm³/mol. The van der Waals surface area contributed by atoms with Crippen LogP contribution in [0, 0.1) is 5.92 Å². The number of hydrogen-bond donors (Lipinski definition) is 1. The van der Waals surface area contributed by atoms with E-state index in [1.807, 2.05) is 91.0 Å². The Morgan fingerprint density at radius 3 is 1.45 bits per heavy atom. The molecule has 0 aliphatic rings. The molecule has 0 spiro atoms. The van der Waals surface area contributed by atoms with Gasteiger partial charge in [0.05, 0.1) is 0 Å². The van der Waals surface area contributed by atoms with Crippen molar-refractivity contribution >= 4 is 69.9 Å². The van der Waals surface area contributed by atoms with E-state index in [-0.39, 0.29) is 4.99 Å². The van der Waals surface area contributed by atoms with Crippen molar-refractivity contribution < 1.29 is 7.87 Å². The molecule has 0 saturated heterocycles. The first kappa shape index (κ1) is 23.4. The van der Waals surface area contributed by atoms with E-state index in [1.54, 1.807) is 19.0 Å². The van der Waals surface area contributed by atoms with Crippen LogP contribution in [0.4, 0.5) is 0 Å². The van der Waals surface area contributed by atoms with E-state index < -0.39 is 30.7 Å². The summed E-state index contributed by atoms with van der Waals surface area (Å²) < 4.78 is 9.62. The summed E-state index contributed by atoms with van der Waals surface area (Å²) in [6.07, 6.45) is 0. The molecule has 4 nitrogen and oxygen atoms in total. The van der Waals surface area contributed by atoms with Crippen LogP contribution in [-0.2, 0) is 7.87 Å². The molecule has 0 bridgehead atoms. The predicted octanol–water partition coefficient (Wildman–Crippen LogP) is 1.99. The van der Waals surface area contributed by atoms with Gasteiger partial charge in [0.2, 0.25) is 0 Å². The van der Waals surface area contributed by atoms with E-state index >= 15 is 0 Å². The number of nitrogens with two attached hydrogens (primary N) is 1. The molecular weight excluding hydrogens is 531 g/mol. The molecule has 0 fully saturated rings. The number of thiocarbonyl (C=S) groups is 2. The van der Waals surface area contributed by atoms with Crippen molar-refractivity contribution in [3.05, 3.63) is 91.0 Å². The molecule has 31 heavy (non-hydrogen) atoms. The second kappa shape index (κ2) is 10.3. The zero-order valence-corrected chi connectivity index (χ0v) is 21.9. The molecule has 0 heterocycles. The van der Waals surface area contributed by atoms with Gasteiger partial charge in [0.1, 0.15) is 0 Å². The van der Waals surface area contributed by atoms with Crippen molar-refractivity contribution in [1.82, 2.24) is 4.90 Å². The molecule has 7 heteroatoms.